The first-order valence-corrected chi connectivity index (χ1v) is 7.55. The summed E-state index contributed by atoms with van der Waals surface area (Å²) in [5.74, 6) is 0.847. The fourth-order valence-electron chi connectivity index (χ4n) is 2.66. The Labute approximate surface area is 115 Å². The number of thioether (sulfide) groups is 1. The summed E-state index contributed by atoms with van der Waals surface area (Å²) >= 11 is 1.81. The van der Waals surface area contributed by atoms with Crippen molar-refractivity contribution in [1.82, 2.24) is 14.9 Å². The molecule has 5 heteroatoms. The standard InChI is InChI=1S/C14H14N4S/c1-2-6-10(7-3-1)13-15-16-14-18(13)17-11-8-4-5-9-12(11)19-14/h1-3,6-7,12H,4-5,8-9H2. The van der Waals surface area contributed by atoms with Crippen molar-refractivity contribution in [3.8, 4) is 11.4 Å². The molecule has 1 aromatic heterocycles. The van der Waals surface area contributed by atoms with E-state index in [9.17, 15) is 0 Å². The lowest BCUT2D eigenvalue weighted by atomic mass is 9.98. The summed E-state index contributed by atoms with van der Waals surface area (Å²) < 4.78 is 1.91. The van der Waals surface area contributed by atoms with Gasteiger partial charge in [0.25, 0.3) is 0 Å². The second-order valence-electron chi connectivity index (χ2n) is 4.93. The van der Waals surface area contributed by atoms with E-state index in [0.717, 1.165) is 23.0 Å². The van der Waals surface area contributed by atoms with Crippen LogP contribution in [-0.4, -0.2) is 25.8 Å². The Morgan fingerprint density at radius 2 is 2.00 bits per heavy atom. The average Bonchev–Trinajstić information content (AvgIpc) is 2.88. The SMILES string of the molecule is c1ccc(-c2nnc3n2N=C2CCCCC2S3)cc1. The molecule has 2 aromatic rings. The van der Waals surface area contributed by atoms with Crippen molar-refractivity contribution in [2.24, 2.45) is 5.10 Å². The second-order valence-corrected chi connectivity index (χ2v) is 6.10. The van der Waals surface area contributed by atoms with Crippen LogP contribution in [0.4, 0.5) is 0 Å². The molecule has 1 aromatic carbocycles. The van der Waals surface area contributed by atoms with Crippen LogP contribution in [-0.2, 0) is 0 Å². The van der Waals surface area contributed by atoms with Gasteiger partial charge in [-0.25, -0.2) is 0 Å². The second kappa shape index (κ2) is 4.49. The van der Waals surface area contributed by atoms with Crippen LogP contribution in [0.15, 0.2) is 40.6 Å². The summed E-state index contributed by atoms with van der Waals surface area (Å²) in [6.45, 7) is 0. The van der Waals surface area contributed by atoms with Crippen molar-refractivity contribution in [1.29, 1.82) is 0 Å². The molecule has 0 amide bonds. The lowest BCUT2D eigenvalue weighted by Crippen LogP contribution is -2.26. The number of benzene rings is 1. The summed E-state index contributed by atoms with van der Waals surface area (Å²) in [6, 6.07) is 10.1. The Balaban J connectivity index is 1.80. The van der Waals surface area contributed by atoms with Gasteiger partial charge in [-0.05, 0) is 19.3 Å². The van der Waals surface area contributed by atoms with Crippen LogP contribution in [0.2, 0.25) is 0 Å². The van der Waals surface area contributed by atoms with Gasteiger partial charge in [0.05, 0.1) is 11.0 Å². The van der Waals surface area contributed by atoms with Gasteiger partial charge in [0, 0.05) is 5.56 Å². The molecule has 0 saturated heterocycles. The van der Waals surface area contributed by atoms with Gasteiger partial charge < -0.3 is 0 Å². The number of fused-ring (bicyclic) bond motifs is 2. The molecular formula is C14H14N4S. The molecule has 0 N–H and O–H groups in total. The first kappa shape index (κ1) is 11.2. The molecule has 1 atom stereocenters. The van der Waals surface area contributed by atoms with E-state index in [0.29, 0.717) is 5.25 Å². The Hall–Kier alpha value is -1.62. The Bertz CT molecular complexity index is 632. The summed E-state index contributed by atoms with van der Waals surface area (Å²) in [5.41, 5.74) is 2.38. The van der Waals surface area contributed by atoms with E-state index < -0.39 is 0 Å². The molecule has 4 rings (SSSR count). The van der Waals surface area contributed by atoms with Crippen LogP contribution in [0.25, 0.3) is 11.4 Å². The first-order chi connectivity index (χ1) is 9.42. The maximum absolute atomic E-state index is 4.79. The minimum atomic E-state index is 0.522. The molecule has 96 valence electrons. The van der Waals surface area contributed by atoms with E-state index in [4.69, 9.17) is 5.10 Å². The zero-order valence-corrected chi connectivity index (χ0v) is 11.3. The van der Waals surface area contributed by atoms with Crippen LogP contribution in [0.3, 0.4) is 0 Å². The van der Waals surface area contributed by atoms with Crippen LogP contribution >= 0.6 is 11.8 Å². The minimum absolute atomic E-state index is 0.522. The predicted octanol–water partition coefficient (Wildman–Crippen LogP) is 3.20. The third-order valence-electron chi connectivity index (χ3n) is 3.64. The molecule has 1 aliphatic carbocycles. The molecule has 1 aliphatic heterocycles. The highest BCUT2D eigenvalue weighted by Crippen LogP contribution is 2.36. The molecular weight excluding hydrogens is 256 g/mol. The number of hydrogen-bond donors (Lipinski definition) is 0. The minimum Gasteiger partial charge on any atom is -0.187 e. The molecule has 1 unspecified atom stereocenters. The third-order valence-corrected chi connectivity index (χ3v) is 4.90. The van der Waals surface area contributed by atoms with Crippen molar-refractivity contribution in [3.05, 3.63) is 30.3 Å². The number of nitrogens with zero attached hydrogens (tertiary/aromatic N) is 4. The van der Waals surface area contributed by atoms with Gasteiger partial charge >= 0.3 is 0 Å². The quantitative estimate of drug-likeness (QED) is 0.799. The van der Waals surface area contributed by atoms with Crippen molar-refractivity contribution < 1.29 is 0 Å². The third kappa shape index (κ3) is 1.89. The van der Waals surface area contributed by atoms with Crippen molar-refractivity contribution in [2.45, 2.75) is 36.1 Å². The summed E-state index contributed by atoms with van der Waals surface area (Å²) in [4.78, 5) is 0. The highest BCUT2D eigenvalue weighted by atomic mass is 32.2. The van der Waals surface area contributed by atoms with Crippen LogP contribution in [0.5, 0.6) is 0 Å². The molecule has 19 heavy (non-hydrogen) atoms. The topological polar surface area (TPSA) is 43.1 Å². The van der Waals surface area contributed by atoms with Gasteiger partial charge in [-0.3, -0.25) is 0 Å². The molecule has 0 bridgehead atoms. The summed E-state index contributed by atoms with van der Waals surface area (Å²) in [6.07, 6.45) is 4.89. The number of rotatable bonds is 1. The Morgan fingerprint density at radius 1 is 1.11 bits per heavy atom. The molecule has 1 fully saturated rings. The molecule has 2 heterocycles. The van der Waals surface area contributed by atoms with E-state index in [1.165, 1.54) is 25.0 Å². The van der Waals surface area contributed by atoms with Gasteiger partial charge in [0.15, 0.2) is 5.82 Å². The maximum atomic E-state index is 4.79. The van der Waals surface area contributed by atoms with Gasteiger partial charge in [-0.2, -0.15) is 9.78 Å². The molecule has 4 nitrogen and oxygen atoms in total. The summed E-state index contributed by atoms with van der Waals surface area (Å²) in [5, 5.41) is 14.8. The highest BCUT2D eigenvalue weighted by molar-refractivity contribution is 8.00. The van der Waals surface area contributed by atoms with Crippen molar-refractivity contribution >= 4 is 17.5 Å². The number of hydrogen-bond acceptors (Lipinski definition) is 4. The van der Waals surface area contributed by atoms with E-state index in [2.05, 4.69) is 22.3 Å². The Kier molecular flexibility index (Phi) is 2.65. The normalized spacial score (nSPS) is 21.5. The van der Waals surface area contributed by atoms with Crippen molar-refractivity contribution in [3.63, 3.8) is 0 Å². The average molecular weight is 270 g/mol. The van der Waals surface area contributed by atoms with Gasteiger partial charge in [-0.1, -0.05) is 48.5 Å². The van der Waals surface area contributed by atoms with Crippen LogP contribution < -0.4 is 0 Å². The fraction of sp³-hybridized carbons (Fsp3) is 0.357. The maximum Gasteiger partial charge on any atom is 0.213 e. The molecule has 2 aliphatic rings. The smallest absolute Gasteiger partial charge is 0.187 e. The predicted molar refractivity (Wildman–Crippen MR) is 76.4 cm³/mol. The lowest BCUT2D eigenvalue weighted by Gasteiger charge is -2.26. The summed E-state index contributed by atoms with van der Waals surface area (Å²) in [7, 11) is 0. The van der Waals surface area contributed by atoms with Crippen molar-refractivity contribution in [2.75, 3.05) is 0 Å². The van der Waals surface area contributed by atoms with Crippen LogP contribution in [0.1, 0.15) is 25.7 Å². The lowest BCUT2D eigenvalue weighted by molar-refractivity contribution is 0.642. The Morgan fingerprint density at radius 3 is 2.89 bits per heavy atom. The van der Waals surface area contributed by atoms with Gasteiger partial charge in [0.2, 0.25) is 5.16 Å². The molecule has 0 spiro atoms. The zero-order chi connectivity index (χ0) is 12.7. The largest absolute Gasteiger partial charge is 0.213 e. The van der Waals surface area contributed by atoms with Gasteiger partial charge in [-0.15, -0.1) is 10.2 Å². The van der Waals surface area contributed by atoms with E-state index in [1.807, 2.05) is 34.6 Å². The zero-order valence-electron chi connectivity index (χ0n) is 10.5. The van der Waals surface area contributed by atoms with Gasteiger partial charge in [0.1, 0.15) is 0 Å². The van der Waals surface area contributed by atoms with E-state index in [1.54, 1.807) is 0 Å². The first-order valence-electron chi connectivity index (χ1n) is 6.67. The highest BCUT2D eigenvalue weighted by Gasteiger charge is 2.29. The fourth-order valence-corrected chi connectivity index (χ4v) is 3.81. The molecule has 1 saturated carbocycles. The molecule has 0 radical (unpaired) electrons. The van der Waals surface area contributed by atoms with E-state index in [-0.39, 0.29) is 0 Å². The van der Waals surface area contributed by atoms with E-state index >= 15 is 0 Å². The monoisotopic (exact) mass is 270 g/mol. The number of aromatic nitrogens is 3. The van der Waals surface area contributed by atoms with Crippen LogP contribution in [0, 0.1) is 0 Å².